The Kier molecular flexibility index (Phi) is 2.45. The molecule has 1 aromatic heterocycles. The van der Waals surface area contributed by atoms with E-state index in [4.69, 9.17) is 4.74 Å². The van der Waals surface area contributed by atoms with Crippen LogP contribution < -0.4 is 0 Å². The lowest BCUT2D eigenvalue weighted by atomic mass is 10.0. The number of ether oxygens (including phenoxy) is 1. The zero-order chi connectivity index (χ0) is 9.10. The van der Waals surface area contributed by atoms with Crippen LogP contribution in [0.1, 0.15) is 29.8 Å². The van der Waals surface area contributed by atoms with E-state index < -0.39 is 0 Å². The summed E-state index contributed by atoms with van der Waals surface area (Å²) < 4.78 is 5.39. The lowest BCUT2D eigenvalue weighted by Gasteiger charge is -2.20. The number of carbonyl (C=O) groups is 1. The van der Waals surface area contributed by atoms with E-state index in [9.17, 15) is 4.79 Å². The highest BCUT2D eigenvalue weighted by Gasteiger charge is 2.23. The Morgan fingerprint density at radius 1 is 1.54 bits per heavy atom. The van der Waals surface area contributed by atoms with Gasteiger partial charge in [-0.2, -0.15) is 0 Å². The predicted molar refractivity (Wildman–Crippen MR) is 48.7 cm³/mol. The largest absolute Gasteiger partial charge is 0.370 e. The summed E-state index contributed by atoms with van der Waals surface area (Å²) in [7, 11) is 0. The maximum Gasteiger partial charge on any atom is 0.207 e. The van der Waals surface area contributed by atoms with E-state index in [0.29, 0.717) is 5.69 Å². The standard InChI is InChI=1S/C10H13NO2/c12-10(8-4-3-6-11-8)9-5-1-2-7-13-9/h3-4,6,9,11H,1-2,5,7H2. The van der Waals surface area contributed by atoms with Gasteiger partial charge in [-0.1, -0.05) is 0 Å². The molecular weight excluding hydrogens is 166 g/mol. The Bertz CT molecular complexity index is 273. The summed E-state index contributed by atoms with van der Waals surface area (Å²) in [5.74, 6) is 0.0877. The van der Waals surface area contributed by atoms with Crippen molar-refractivity contribution in [3.05, 3.63) is 24.0 Å². The summed E-state index contributed by atoms with van der Waals surface area (Å²) in [6.07, 6.45) is 4.58. The van der Waals surface area contributed by atoms with E-state index in [-0.39, 0.29) is 11.9 Å². The minimum absolute atomic E-state index is 0.0877. The molecule has 0 amide bonds. The Labute approximate surface area is 77.1 Å². The molecular formula is C10H13NO2. The van der Waals surface area contributed by atoms with Gasteiger partial charge in [0.25, 0.3) is 0 Å². The van der Waals surface area contributed by atoms with Crippen molar-refractivity contribution in [3.63, 3.8) is 0 Å². The van der Waals surface area contributed by atoms with Gasteiger partial charge in [0.15, 0.2) is 0 Å². The fourth-order valence-electron chi connectivity index (χ4n) is 1.60. The van der Waals surface area contributed by atoms with Gasteiger partial charge in [0.1, 0.15) is 6.10 Å². The number of aromatic nitrogens is 1. The van der Waals surface area contributed by atoms with E-state index in [1.807, 2.05) is 6.07 Å². The third kappa shape index (κ3) is 1.80. The van der Waals surface area contributed by atoms with Crippen LogP contribution in [0.4, 0.5) is 0 Å². The number of hydrogen-bond donors (Lipinski definition) is 1. The van der Waals surface area contributed by atoms with Crippen LogP contribution in [0.2, 0.25) is 0 Å². The van der Waals surface area contributed by atoms with Crippen molar-refractivity contribution in [2.45, 2.75) is 25.4 Å². The van der Waals surface area contributed by atoms with E-state index >= 15 is 0 Å². The van der Waals surface area contributed by atoms with Crippen LogP contribution in [-0.2, 0) is 4.74 Å². The predicted octanol–water partition coefficient (Wildman–Crippen LogP) is 1.77. The first-order valence-corrected chi connectivity index (χ1v) is 4.67. The monoisotopic (exact) mass is 179 g/mol. The summed E-state index contributed by atoms with van der Waals surface area (Å²) in [6.45, 7) is 0.719. The molecule has 70 valence electrons. The molecule has 0 aliphatic carbocycles. The van der Waals surface area contributed by atoms with Crippen molar-refractivity contribution in [3.8, 4) is 0 Å². The highest BCUT2D eigenvalue weighted by atomic mass is 16.5. The van der Waals surface area contributed by atoms with Gasteiger partial charge in [-0.15, -0.1) is 0 Å². The van der Waals surface area contributed by atoms with Gasteiger partial charge in [0, 0.05) is 12.8 Å². The lowest BCUT2D eigenvalue weighted by molar-refractivity contribution is 0.0183. The van der Waals surface area contributed by atoms with Crippen molar-refractivity contribution in [2.75, 3.05) is 6.61 Å². The third-order valence-electron chi connectivity index (χ3n) is 2.34. The van der Waals surface area contributed by atoms with Crippen LogP contribution >= 0.6 is 0 Å². The molecule has 2 rings (SSSR count). The Balaban J connectivity index is 2.04. The summed E-state index contributed by atoms with van der Waals surface area (Å²) in [6, 6.07) is 3.62. The summed E-state index contributed by atoms with van der Waals surface area (Å²) >= 11 is 0. The average Bonchev–Trinajstić information content (AvgIpc) is 2.71. The van der Waals surface area contributed by atoms with Crippen LogP contribution in [0.15, 0.2) is 18.3 Å². The number of carbonyl (C=O) groups excluding carboxylic acids is 1. The molecule has 0 saturated carbocycles. The van der Waals surface area contributed by atoms with Crippen molar-refractivity contribution in [1.29, 1.82) is 0 Å². The van der Waals surface area contributed by atoms with E-state index in [1.165, 1.54) is 0 Å². The van der Waals surface area contributed by atoms with Crippen LogP contribution in [0.5, 0.6) is 0 Å². The van der Waals surface area contributed by atoms with Gasteiger partial charge >= 0.3 is 0 Å². The Hall–Kier alpha value is -1.09. The lowest BCUT2D eigenvalue weighted by Crippen LogP contribution is -2.28. The molecule has 1 unspecified atom stereocenters. The second kappa shape index (κ2) is 3.75. The number of ketones is 1. The van der Waals surface area contributed by atoms with Gasteiger partial charge < -0.3 is 9.72 Å². The van der Waals surface area contributed by atoms with Crippen molar-refractivity contribution < 1.29 is 9.53 Å². The van der Waals surface area contributed by atoms with E-state index in [2.05, 4.69) is 4.98 Å². The molecule has 3 heteroatoms. The number of rotatable bonds is 2. The summed E-state index contributed by atoms with van der Waals surface area (Å²) in [4.78, 5) is 14.6. The molecule has 0 spiro atoms. The van der Waals surface area contributed by atoms with Crippen LogP contribution in [0.25, 0.3) is 0 Å². The molecule has 13 heavy (non-hydrogen) atoms. The molecule has 1 aliphatic heterocycles. The van der Waals surface area contributed by atoms with E-state index in [0.717, 1.165) is 25.9 Å². The van der Waals surface area contributed by atoms with Gasteiger partial charge in [0.2, 0.25) is 5.78 Å². The highest BCUT2D eigenvalue weighted by molar-refractivity contribution is 5.97. The third-order valence-corrected chi connectivity index (χ3v) is 2.34. The van der Waals surface area contributed by atoms with E-state index in [1.54, 1.807) is 12.3 Å². The number of Topliss-reactive ketones (excluding diaryl/α,β-unsaturated/α-hetero) is 1. The van der Waals surface area contributed by atoms with Crippen molar-refractivity contribution in [1.82, 2.24) is 4.98 Å². The van der Waals surface area contributed by atoms with Gasteiger partial charge in [-0.25, -0.2) is 0 Å². The highest BCUT2D eigenvalue weighted by Crippen LogP contribution is 2.16. The normalized spacial score (nSPS) is 22.9. The molecule has 3 nitrogen and oxygen atoms in total. The zero-order valence-electron chi connectivity index (χ0n) is 7.45. The second-order valence-corrected chi connectivity index (χ2v) is 3.30. The molecule has 1 fully saturated rings. The molecule has 2 heterocycles. The maximum atomic E-state index is 11.7. The number of nitrogens with one attached hydrogen (secondary N) is 1. The molecule has 0 bridgehead atoms. The Morgan fingerprint density at radius 2 is 2.46 bits per heavy atom. The van der Waals surface area contributed by atoms with Gasteiger partial charge in [-0.05, 0) is 31.4 Å². The number of hydrogen-bond acceptors (Lipinski definition) is 2. The minimum Gasteiger partial charge on any atom is -0.370 e. The molecule has 1 aromatic rings. The molecule has 1 aliphatic rings. The number of H-pyrrole nitrogens is 1. The van der Waals surface area contributed by atoms with Crippen LogP contribution in [-0.4, -0.2) is 23.5 Å². The molecule has 1 atom stereocenters. The number of aromatic amines is 1. The smallest absolute Gasteiger partial charge is 0.207 e. The molecule has 0 aromatic carbocycles. The summed E-state index contributed by atoms with van der Waals surface area (Å²) in [5.41, 5.74) is 0.659. The van der Waals surface area contributed by atoms with Crippen molar-refractivity contribution >= 4 is 5.78 Å². The van der Waals surface area contributed by atoms with Crippen molar-refractivity contribution in [2.24, 2.45) is 0 Å². The molecule has 1 N–H and O–H groups in total. The summed E-state index contributed by atoms with van der Waals surface area (Å²) in [5, 5.41) is 0. The minimum atomic E-state index is -0.215. The first-order chi connectivity index (χ1) is 6.38. The fourth-order valence-corrected chi connectivity index (χ4v) is 1.60. The van der Waals surface area contributed by atoms with Crippen LogP contribution in [0, 0.1) is 0 Å². The van der Waals surface area contributed by atoms with Gasteiger partial charge in [-0.3, -0.25) is 4.79 Å². The fraction of sp³-hybridized carbons (Fsp3) is 0.500. The quantitative estimate of drug-likeness (QED) is 0.703. The SMILES string of the molecule is O=C(c1ccc[nH]1)C1CCCCO1. The second-order valence-electron chi connectivity index (χ2n) is 3.30. The topological polar surface area (TPSA) is 42.1 Å². The Morgan fingerprint density at radius 3 is 3.08 bits per heavy atom. The first-order valence-electron chi connectivity index (χ1n) is 4.67. The van der Waals surface area contributed by atoms with Gasteiger partial charge in [0.05, 0.1) is 5.69 Å². The maximum absolute atomic E-state index is 11.7. The zero-order valence-corrected chi connectivity index (χ0v) is 7.45. The van der Waals surface area contributed by atoms with Crippen LogP contribution in [0.3, 0.4) is 0 Å². The first kappa shape index (κ1) is 8.51. The molecule has 0 radical (unpaired) electrons. The molecule has 1 saturated heterocycles. The average molecular weight is 179 g/mol.